The Hall–Kier alpha value is -2.52. The summed E-state index contributed by atoms with van der Waals surface area (Å²) in [5, 5.41) is 0. The SMILES string of the molecule is Cc1ccc(SCc2ccc(C(=O)N(C)Cc3ccccc3)cc2)cc1. The first-order valence-corrected chi connectivity index (χ1v) is 9.68. The average molecular weight is 362 g/mol. The molecule has 0 saturated carbocycles. The van der Waals surface area contributed by atoms with E-state index in [1.165, 1.54) is 16.0 Å². The van der Waals surface area contributed by atoms with Crippen molar-refractivity contribution >= 4 is 17.7 Å². The van der Waals surface area contributed by atoms with Gasteiger partial charge in [0, 0.05) is 29.8 Å². The number of carbonyl (C=O) groups is 1. The Morgan fingerprint density at radius 3 is 2.15 bits per heavy atom. The minimum absolute atomic E-state index is 0.0478. The first-order chi connectivity index (χ1) is 12.6. The van der Waals surface area contributed by atoms with Gasteiger partial charge in [0.1, 0.15) is 0 Å². The Labute approximate surface area is 159 Å². The Balaban J connectivity index is 1.57. The number of aryl methyl sites for hydroxylation is 1. The van der Waals surface area contributed by atoms with E-state index in [-0.39, 0.29) is 5.91 Å². The highest BCUT2D eigenvalue weighted by Gasteiger charge is 2.11. The van der Waals surface area contributed by atoms with Gasteiger partial charge in [-0.3, -0.25) is 4.79 Å². The predicted molar refractivity (Wildman–Crippen MR) is 109 cm³/mol. The van der Waals surface area contributed by atoms with E-state index < -0.39 is 0 Å². The predicted octanol–water partition coefficient (Wildman–Crippen LogP) is 5.56. The second kappa shape index (κ2) is 8.72. The summed E-state index contributed by atoms with van der Waals surface area (Å²) in [6, 6.07) is 26.6. The fourth-order valence-electron chi connectivity index (χ4n) is 2.69. The van der Waals surface area contributed by atoms with Crippen LogP contribution in [0.1, 0.15) is 27.0 Å². The van der Waals surface area contributed by atoms with Crippen LogP contribution in [0.15, 0.2) is 83.8 Å². The molecule has 0 unspecified atom stereocenters. The van der Waals surface area contributed by atoms with Crippen LogP contribution in [-0.2, 0) is 12.3 Å². The van der Waals surface area contributed by atoms with Crippen molar-refractivity contribution in [1.29, 1.82) is 0 Å². The van der Waals surface area contributed by atoms with Gasteiger partial charge in [-0.15, -0.1) is 11.8 Å². The third-order valence-corrected chi connectivity index (χ3v) is 5.32. The van der Waals surface area contributed by atoms with E-state index in [4.69, 9.17) is 0 Å². The Morgan fingerprint density at radius 1 is 0.846 bits per heavy atom. The standard InChI is InChI=1S/C23H23NOS/c1-18-8-14-22(15-9-18)26-17-20-10-12-21(13-11-20)23(25)24(2)16-19-6-4-3-5-7-19/h3-15H,16-17H2,1-2H3. The third-order valence-electron chi connectivity index (χ3n) is 4.24. The molecule has 3 aromatic rings. The molecule has 0 bridgehead atoms. The van der Waals surface area contributed by atoms with Crippen LogP contribution in [0.3, 0.4) is 0 Å². The van der Waals surface area contributed by atoms with E-state index in [1.54, 1.807) is 4.90 Å². The van der Waals surface area contributed by atoms with Crippen molar-refractivity contribution in [3.8, 4) is 0 Å². The highest BCUT2D eigenvalue weighted by molar-refractivity contribution is 7.98. The highest BCUT2D eigenvalue weighted by Crippen LogP contribution is 2.23. The number of hydrogen-bond donors (Lipinski definition) is 0. The maximum Gasteiger partial charge on any atom is 0.253 e. The Kier molecular flexibility index (Phi) is 6.13. The zero-order valence-electron chi connectivity index (χ0n) is 15.2. The average Bonchev–Trinajstić information content (AvgIpc) is 2.68. The minimum Gasteiger partial charge on any atom is -0.337 e. The lowest BCUT2D eigenvalue weighted by Crippen LogP contribution is -2.26. The molecule has 0 aliphatic heterocycles. The van der Waals surface area contributed by atoms with Crippen molar-refractivity contribution in [2.75, 3.05) is 7.05 Å². The van der Waals surface area contributed by atoms with Gasteiger partial charge in [0.25, 0.3) is 5.91 Å². The highest BCUT2D eigenvalue weighted by atomic mass is 32.2. The van der Waals surface area contributed by atoms with E-state index in [1.807, 2.05) is 73.4 Å². The van der Waals surface area contributed by atoms with Crippen molar-refractivity contribution in [3.63, 3.8) is 0 Å². The lowest BCUT2D eigenvalue weighted by Gasteiger charge is -2.17. The molecule has 0 aromatic heterocycles. The van der Waals surface area contributed by atoms with Gasteiger partial charge >= 0.3 is 0 Å². The molecular formula is C23H23NOS. The summed E-state index contributed by atoms with van der Waals surface area (Å²) in [5.41, 5.74) is 4.36. The molecule has 3 aromatic carbocycles. The van der Waals surface area contributed by atoms with E-state index in [9.17, 15) is 4.79 Å². The van der Waals surface area contributed by atoms with Gasteiger partial charge in [0.2, 0.25) is 0 Å². The molecular weight excluding hydrogens is 338 g/mol. The number of amides is 1. The van der Waals surface area contributed by atoms with Crippen LogP contribution in [-0.4, -0.2) is 17.9 Å². The van der Waals surface area contributed by atoms with Crippen molar-refractivity contribution < 1.29 is 4.79 Å². The van der Waals surface area contributed by atoms with Crippen molar-refractivity contribution in [2.24, 2.45) is 0 Å². The molecule has 0 heterocycles. The van der Waals surface area contributed by atoms with Crippen LogP contribution in [0.25, 0.3) is 0 Å². The minimum atomic E-state index is 0.0478. The summed E-state index contributed by atoms with van der Waals surface area (Å²) in [6.45, 7) is 2.71. The van der Waals surface area contributed by atoms with Crippen LogP contribution < -0.4 is 0 Å². The second-order valence-corrected chi connectivity index (χ2v) is 7.49. The molecule has 132 valence electrons. The summed E-state index contributed by atoms with van der Waals surface area (Å²) in [4.78, 5) is 15.6. The van der Waals surface area contributed by atoms with E-state index in [0.29, 0.717) is 6.54 Å². The zero-order valence-corrected chi connectivity index (χ0v) is 16.0. The number of benzene rings is 3. The van der Waals surface area contributed by atoms with Crippen LogP contribution >= 0.6 is 11.8 Å². The van der Waals surface area contributed by atoms with Gasteiger partial charge in [0.05, 0.1) is 0 Å². The van der Waals surface area contributed by atoms with Crippen molar-refractivity contribution in [1.82, 2.24) is 4.90 Å². The van der Waals surface area contributed by atoms with Gasteiger partial charge in [0.15, 0.2) is 0 Å². The molecule has 0 aliphatic rings. The number of nitrogens with zero attached hydrogens (tertiary/aromatic N) is 1. The summed E-state index contributed by atoms with van der Waals surface area (Å²) in [7, 11) is 1.84. The van der Waals surface area contributed by atoms with E-state index in [0.717, 1.165) is 16.9 Å². The molecule has 3 heteroatoms. The Bertz CT molecular complexity index is 842. The van der Waals surface area contributed by atoms with Crippen LogP contribution in [0.5, 0.6) is 0 Å². The van der Waals surface area contributed by atoms with Gasteiger partial charge < -0.3 is 4.90 Å². The van der Waals surface area contributed by atoms with E-state index in [2.05, 4.69) is 31.2 Å². The molecule has 0 saturated heterocycles. The number of carbonyl (C=O) groups excluding carboxylic acids is 1. The van der Waals surface area contributed by atoms with Gasteiger partial charge in [-0.05, 0) is 42.3 Å². The summed E-state index contributed by atoms with van der Waals surface area (Å²) >= 11 is 1.81. The maximum absolute atomic E-state index is 12.6. The number of thioether (sulfide) groups is 1. The zero-order chi connectivity index (χ0) is 18.4. The summed E-state index contributed by atoms with van der Waals surface area (Å²) in [5.74, 6) is 0.948. The fourth-order valence-corrected chi connectivity index (χ4v) is 3.55. The molecule has 0 atom stereocenters. The van der Waals surface area contributed by atoms with Crippen LogP contribution in [0.4, 0.5) is 0 Å². The third kappa shape index (κ3) is 4.99. The fraction of sp³-hybridized carbons (Fsp3) is 0.174. The second-order valence-electron chi connectivity index (χ2n) is 6.45. The van der Waals surface area contributed by atoms with Crippen molar-refractivity contribution in [2.45, 2.75) is 24.1 Å². The molecule has 0 fully saturated rings. The topological polar surface area (TPSA) is 20.3 Å². The quantitative estimate of drug-likeness (QED) is 0.536. The lowest BCUT2D eigenvalue weighted by molar-refractivity contribution is 0.0785. The lowest BCUT2D eigenvalue weighted by atomic mass is 10.1. The molecule has 2 nitrogen and oxygen atoms in total. The largest absolute Gasteiger partial charge is 0.337 e. The molecule has 0 N–H and O–H groups in total. The van der Waals surface area contributed by atoms with Gasteiger partial charge in [-0.1, -0.05) is 60.2 Å². The summed E-state index contributed by atoms with van der Waals surface area (Å²) < 4.78 is 0. The molecule has 0 radical (unpaired) electrons. The normalized spacial score (nSPS) is 10.5. The monoisotopic (exact) mass is 361 g/mol. The van der Waals surface area contributed by atoms with Crippen molar-refractivity contribution in [3.05, 3.63) is 101 Å². The first-order valence-electron chi connectivity index (χ1n) is 8.69. The van der Waals surface area contributed by atoms with Crippen LogP contribution in [0, 0.1) is 6.92 Å². The number of hydrogen-bond acceptors (Lipinski definition) is 2. The molecule has 0 spiro atoms. The molecule has 3 rings (SSSR count). The molecule has 0 aliphatic carbocycles. The molecule has 1 amide bonds. The molecule has 26 heavy (non-hydrogen) atoms. The van der Waals surface area contributed by atoms with Gasteiger partial charge in [-0.25, -0.2) is 0 Å². The van der Waals surface area contributed by atoms with E-state index >= 15 is 0 Å². The number of rotatable bonds is 6. The first kappa shape index (κ1) is 18.3. The summed E-state index contributed by atoms with van der Waals surface area (Å²) in [6.07, 6.45) is 0. The Morgan fingerprint density at radius 2 is 1.50 bits per heavy atom. The van der Waals surface area contributed by atoms with Crippen LogP contribution in [0.2, 0.25) is 0 Å². The smallest absolute Gasteiger partial charge is 0.253 e. The van der Waals surface area contributed by atoms with Gasteiger partial charge in [-0.2, -0.15) is 0 Å². The maximum atomic E-state index is 12.6.